The van der Waals surface area contributed by atoms with Gasteiger partial charge in [0.15, 0.2) is 0 Å². The monoisotopic (exact) mass is 596 g/mol. The average Bonchev–Trinajstić information content (AvgIpc) is 3.38. The van der Waals surface area contributed by atoms with Crippen LogP contribution < -0.4 is 10.6 Å². The summed E-state index contributed by atoms with van der Waals surface area (Å²) in [6.07, 6.45) is -7.52. The Morgan fingerprint density at radius 3 is 1.66 bits per heavy atom. The Morgan fingerprint density at radius 1 is 0.707 bits per heavy atom. The van der Waals surface area contributed by atoms with Crippen LogP contribution in [0, 0.1) is 0 Å². The van der Waals surface area contributed by atoms with E-state index in [0.717, 1.165) is 0 Å². The molecule has 5 saturated carbocycles. The molecule has 7 aliphatic rings. The van der Waals surface area contributed by atoms with Gasteiger partial charge >= 0.3 is 12.6 Å². The molecule has 7 rings (SSSR count). The van der Waals surface area contributed by atoms with E-state index in [1.165, 1.54) is 0 Å². The van der Waals surface area contributed by atoms with Gasteiger partial charge in [0.05, 0.1) is 48.3 Å². The molecule has 7 fully saturated rings. The maximum absolute atomic E-state index is 13.3. The molecule has 7 atom stereocenters. The summed E-state index contributed by atoms with van der Waals surface area (Å²) in [5.41, 5.74) is -1.47. The molecule has 0 radical (unpaired) electrons. The molecule has 15 heteroatoms. The van der Waals surface area contributed by atoms with E-state index in [9.17, 15) is 32.3 Å². The lowest BCUT2D eigenvalue weighted by atomic mass is 9.60. The molecule has 0 aromatic rings. The zero-order chi connectivity index (χ0) is 29.0. The summed E-state index contributed by atoms with van der Waals surface area (Å²) in [4.78, 5) is 25.5. The van der Waals surface area contributed by atoms with Crippen molar-refractivity contribution in [1.82, 2.24) is 10.6 Å². The third-order valence-electron chi connectivity index (χ3n) is 9.53. The topological polar surface area (TPSA) is 134 Å². The van der Waals surface area contributed by atoms with Gasteiger partial charge in [-0.05, 0) is 57.8 Å². The van der Waals surface area contributed by atoms with Gasteiger partial charge in [0.1, 0.15) is 13.2 Å². The molecule has 6 unspecified atom stereocenters. The second-order valence-electron chi connectivity index (χ2n) is 12.3. The van der Waals surface area contributed by atoms with Gasteiger partial charge in [0.25, 0.3) is 0 Å². The van der Waals surface area contributed by atoms with E-state index in [-0.39, 0.29) is 38.4 Å². The number of rotatable bonds is 8. The highest BCUT2D eigenvalue weighted by molar-refractivity contribution is 5.79. The largest absolute Gasteiger partial charge is 0.486 e. The van der Waals surface area contributed by atoms with Crippen LogP contribution in [-0.4, -0.2) is 96.5 Å². The highest BCUT2D eigenvalue weighted by Gasteiger charge is 2.56. The van der Waals surface area contributed by atoms with Gasteiger partial charge in [-0.2, -0.15) is 0 Å². The van der Waals surface area contributed by atoms with Crippen molar-refractivity contribution in [3.63, 3.8) is 0 Å². The van der Waals surface area contributed by atoms with E-state index in [2.05, 4.69) is 29.6 Å². The molecule has 2 saturated heterocycles. The number of aliphatic hydroxyl groups excluding tert-OH is 1. The number of fused-ring (bicyclic) bond motifs is 5. The number of nitrogens with one attached hydrogen (secondary N) is 2. The molecule has 232 valence electrons. The quantitative estimate of drug-likeness (QED) is 0.359. The number of halogens is 4. The molecule has 3 N–H and O–H groups in total. The lowest BCUT2D eigenvalue weighted by molar-refractivity contribution is -0.352. The smallest absolute Gasteiger partial charge is 0.391 e. The first kappa shape index (κ1) is 29.5. The van der Waals surface area contributed by atoms with Crippen molar-refractivity contribution in [2.75, 3.05) is 13.2 Å². The number of ether oxygens (including phenoxy) is 6. The first-order valence-electron chi connectivity index (χ1n) is 14.3. The third kappa shape index (κ3) is 6.36. The Balaban J connectivity index is 0.924. The van der Waals surface area contributed by atoms with E-state index >= 15 is 0 Å². The maximum Gasteiger partial charge on any atom is 0.486 e. The molecule has 41 heavy (non-hydrogen) atoms. The standard InChI is InChI=1S/C26H36F4N2O9/c27-25(28)38-16-3-1-14(9-18(16)40-25)36-12-21(34)31-23-5-7-24(8-6-23,20(33)11-23)32-22(35)13-37-15-2-4-17-19(10-15)41-26(29,30)39-17/h14-20,33H,1-13H2,(H,31,34)(H,32,35)/t14?,15?,16?,17?,18?,19?,20-,23?,24?/m0/s1. The van der Waals surface area contributed by atoms with Crippen LogP contribution in [-0.2, 0) is 38.0 Å². The summed E-state index contributed by atoms with van der Waals surface area (Å²) in [6.45, 7) is -0.515. The van der Waals surface area contributed by atoms with Crippen molar-refractivity contribution in [3.8, 4) is 0 Å². The van der Waals surface area contributed by atoms with Crippen LogP contribution in [0.2, 0.25) is 0 Å². The molecule has 5 aliphatic carbocycles. The van der Waals surface area contributed by atoms with Crippen LogP contribution in [0.3, 0.4) is 0 Å². The third-order valence-corrected chi connectivity index (χ3v) is 9.53. The Bertz CT molecular complexity index is 1010. The normalized spacial score (nSPS) is 44.2. The van der Waals surface area contributed by atoms with Gasteiger partial charge in [-0.25, -0.2) is 0 Å². The first-order valence-corrected chi connectivity index (χ1v) is 14.3. The summed E-state index contributed by atoms with van der Waals surface area (Å²) >= 11 is 0. The fraction of sp³-hybridized carbons (Fsp3) is 0.923. The van der Waals surface area contributed by atoms with Gasteiger partial charge in [-0.3, -0.25) is 28.5 Å². The highest BCUT2D eigenvalue weighted by atomic mass is 19.3. The van der Waals surface area contributed by atoms with Crippen molar-refractivity contribution in [3.05, 3.63) is 0 Å². The van der Waals surface area contributed by atoms with Crippen molar-refractivity contribution >= 4 is 11.8 Å². The van der Waals surface area contributed by atoms with Crippen LogP contribution in [0.4, 0.5) is 17.6 Å². The van der Waals surface area contributed by atoms with E-state index in [0.29, 0.717) is 51.4 Å². The Labute approximate surface area is 233 Å². The van der Waals surface area contributed by atoms with Crippen molar-refractivity contribution in [1.29, 1.82) is 0 Å². The number of alkyl halides is 4. The molecule has 0 spiro atoms. The second-order valence-corrected chi connectivity index (χ2v) is 12.3. The van der Waals surface area contributed by atoms with Crippen molar-refractivity contribution < 1.29 is 60.7 Å². The lowest BCUT2D eigenvalue weighted by Crippen LogP contribution is -2.70. The molecule has 2 bridgehead atoms. The SMILES string of the molecule is O=C(COC1CCC2OC(F)(F)OC2C1)NC12CCC(NC(=O)COC3CCC4OC(F)(F)OC4C3)(CC1)[C@@H](O)C2. The minimum Gasteiger partial charge on any atom is -0.391 e. The molecular formula is C26H36F4N2O9. The van der Waals surface area contributed by atoms with Crippen LogP contribution in [0.15, 0.2) is 0 Å². The zero-order valence-electron chi connectivity index (χ0n) is 22.5. The van der Waals surface area contributed by atoms with Crippen molar-refractivity contribution in [2.45, 2.75) is 137 Å². The fourth-order valence-electron chi connectivity index (χ4n) is 7.40. The minimum atomic E-state index is -3.59. The van der Waals surface area contributed by atoms with Crippen LogP contribution in [0.1, 0.15) is 70.6 Å². The Morgan fingerprint density at radius 2 is 1.17 bits per heavy atom. The molecule has 2 amide bonds. The first-order chi connectivity index (χ1) is 19.3. The van der Waals surface area contributed by atoms with Gasteiger partial charge in [-0.15, -0.1) is 17.6 Å². The molecule has 2 heterocycles. The summed E-state index contributed by atoms with van der Waals surface area (Å²) < 4.78 is 83.0. The highest BCUT2D eigenvalue weighted by Crippen LogP contribution is 2.47. The molecule has 0 aromatic carbocycles. The number of aliphatic hydroxyl groups is 1. The summed E-state index contributed by atoms with van der Waals surface area (Å²) in [7, 11) is 0. The number of amides is 2. The van der Waals surface area contributed by atoms with Gasteiger partial charge in [0.2, 0.25) is 11.8 Å². The molecule has 11 nitrogen and oxygen atoms in total. The van der Waals surface area contributed by atoms with Crippen LogP contribution in [0.25, 0.3) is 0 Å². The number of carbonyl (C=O) groups is 2. The molecule has 2 aliphatic heterocycles. The minimum absolute atomic E-state index is 0.202. The molecular weight excluding hydrogens is 560 g/mol. The molecule has 0 aromatic heterocycles. The number of hydrogen-bond donors (Lipinski definition) is 3. The summed E-state index contributed by atoms with van der Waals surface area (Å²) in [6, 6.07) is 0. The van der Waals surface area contributed by atoms with E-state index < -0.39 is 72.3 Å². The predicted molar refractivity (Wildman–Crippen MR) is 127 cm³/mol. The average molecular weight is 597 g/mol. The zero-order valence-corrected chi connectivity index (χ0v) is 22.5. The second kappa shape index (κ2) is 10.8. The lowest BCUT2D eigenvalue weighted by Gasteiger charge is -2.56. The van der Waals surface area contributed by atoms with E-state index in [4.69, 9.17) is 9.47 Å². The number of hydrogen-bond acceptors (Lipinski definition) is 9. The summed E-state index contributed by atoms with van der Waals surface area (Å²) in [5.74, 6) is -0.764. The number of carbonyl (C=O) groups excluding carboxylic acids is 2. The van der Waals surface area contributed by atoms with Gasteiger partial charge < -0.3 is 25.2 Å². The Hall–Kier alpha value is -1.62. The van der Waals surface area contributed by atoms with Crippen molar-refractivity contribution in [2.24, 2.45) is 0 Å². The fourth-order valence-corrected chi connectivity index (χ4v) is 7.40. The van der Waals surface area contributed by atoms with E-state index in [1.54, 1.807) is 0 Å². The summed E-state index contributed by atoms with van der Waals surface area (Å²) in [5, 5.41) is 16.9. The maximum atomic E-state index is 13.3. The Kier molecular flexibility index (Phi) is 7.78. The van der Waals surface area contributed by atoms with Crippen LogP contribution in [0.5, 0.6) is 0 Å². The van der Waals surface area contributed by atoms with Crippen LogP contribution >= 0.6 is 0 Å². The predicted octanol–water partition coefficient (Wildman–Crippen LogP) is 1.84. The van der Waals surface area contributed by atoms with Gasteiger partial charge in [-0.1, -0.05) is 0 Å². The van der Waals surface area contributed by atoms with Gasteiger partial charge in [0, 0.05) is 18.4 Å². The van der Waals surface area contributed by atoms with E-state index in [1.807, 2.05) is 0 Å².